The lowest BCUT2D eigenvalue weighted by Gasteiger charge is -2.34. The average molecular weight is 424 g/mol. The quantitative estimate of drug-likeness (QED) is 0.630. The minimum Gasteiger partial charge on any atom is -0.497 e. The lowest BCUT2D eigenvalue weighted by molar-refractivity contribution is -0.126. The molecule has 2 N–H and O–H groups in total. The van der Waals surface area contributed by atoms with Crippen molar-refractivity contribution in [2.45, 2.75) is 33.2 Å². The summed E-state index contributed by atoms with van der Waals surface area (Å²) in [5.41, 5.74) is 1.47. The van der Waals surface area contributed by atoms with Crippen LogP contribution in [0.2, 0.25) is 0 Å². The van der Waals surface area contributed by atoms with E-state index < -0.39 is 0 Å². The molecule has 1 saturated heterocycles. The molecular weight excluding hydrogens is 394 g/mol. The summed E-state index contributed by atoms with van der Waals surface area (Å²) in [6, 6.07) is 11.4. The van der Waals surface area contributed by atoms with Gasteiger partial charge in [0.25, 0.3) is 5.91 Å². The Morgan fingerprint density at radius 2 is 2.00 bits per heavy atom. The third kappa shape index (κ3) is 4.60. The fourth-order valence-electron chi connectivity index (χ4n) is 4.25. The number of carbonyl (C=O) groups is 2. The van der Waals surface area contributed by atoms with Gasteiger partial charge >= 0.3 is 0 Å². The monoisotopic (exact) mass is 423 g/mol. The van der Waals surface area contributed by atoms with Crippen molar-refractivity contribution >= 4 is 22.7 Å². The van der Waals surface area contributed by atoms with Gasteiger partial charge in [0.2, 0.25) is 5.91 Å². The SMILES string of the molecule is COc1ccc2cc(C(=O)N3CCC([C@@H](C)C(=O)NCc4ccc(C)o4)CC3)[nH]c2c1. The summed E-state index contributed by atoms with van der Waals surface area (Å²) in [5, 5.41) is 3.95. The lowest BCUT2D eigenvalue weighted by Crippen LogP contribution is -2.42. The number of rotatable bonds is 6. The molecule has 0 spiro atoms. The number of hydrogen-bond acceptors (Lipinski definition) is 4. The molecule has 1 atom stereocenters. The molecule has 0 saturated carbocycles. The van der Waals surface area contributed by atoms with Gasteiger partial charge in [0.15, 0.2) is 0 Å². The van der Waals surface area contributed by atoms with Gasteiger partial charge in [-0.25, -0.2) is 0 Å². The van der Waals surface area contributed by atoms with E-state index in [1.807, 2.05) is 55.1 Å². The minimum atomic E-state index is -0.103. The molecule has 2 aromatic heterocycles. The topological polar surface area (TPSA) is 87.6 Å². The van der Waals surface area contributed by atoms with Crippen LogP contribution in [0.5, 0.6) is 5.75 Å². The van der Waals surface area contributed by atoms with Gasteiger partial charge in [-0.15, -0.1) is 0 Å². The van der Waals surface area contributed by atoms with Crippen LogP contribution in [0.15, 0.2) is 40.8 Å². The predicted molar refractivity (Wildman–Crippen MR) is 118 cm³/mol. The summed E-state index contributed by atoms with van der Waals surface area (Å²) in [4.78, 5) is 30.6. The number of furan rings is 1. The number of nitrogens with one attached hydrogen (secondary N) is 2. The van der Waals surface area contributed by atoms with Crippen molar-refractivity contribution in [3.63, 3.8) is 0 Å². The van der Waals surface area contributed by atoms with Crippen molar-refractivity contribution in [1.82, 2.24) is 15.2 Å². The maximum absolute atomic E-state index is 13.0. The van der Waals surface area contributed by atoms with Crippen LogP contribution < -0.4 is 10.1 Å². The molecule has 4 rings (SSSR count). The first-order valence-electron chi connectivity index (χ1n) is 10.7. The van der Waals surface area contributed by atoms with Gasteiger partial charge in [0, 0.05) is 36.0 Å². The Hall–Kier alpha value is -3.22. The lowest BCUT2D eigenvalue weighted by atomic mass is 9.84. The molecule has 1 aliphatic heterocycles. The van der Waals surface area contributed by atoms with E-state index >= 15 is 0 Å². The Balaban J connectivity index is 1.31. The third-order valence-electron chi connectivity index (χ3n) is 6.24. The number of nitrogens with zero attached hydrogens (tertiary/aromatic N) is 1. The molecule has 7 nitrogen and oxygen atoms in total. The highest BCUT2D eigenvalue weighted by Crippen LogP contribution is 2.27. The second-order valence-electron chi connectivity index (χ2n) is 8.28. The maximum Gasteiger partial charge on any atom is 0.270 e. The highest BCUT2D eigenvalue weighted by Gasteiger charge is 2.30. The molecule has 0 aliphatic carbocycles. The van der Waals surface area contributed by atoms with Crippen LogP contribution in [0.1, 0.15) is 41.8 Å². The molecule has 1 aromatic carbocycles. The summed E-state index contributed by atoms with van der Waals surface area (Å²) in [5.74, 6) is 2.53. The summed E-state index contributed by atoms with van der Waals surface area (Å²) in [6.07, 6.45) is 1.63. The smallest absolute Gasteiger partial charge is 0.270 e. The minimum absolute atomic E-state index is 0.00101. The standard InChI is InChI=1S/C24H29N3O4/c1-15-4-6-20(31-15)14-25-23(28)16(2)17-8-10-27(11-9-17)24(29)22-12-18-5-7-19(30-3)13-21(18)26-22/h4-7,12-13,16-17,26H,8-11,14H2,1-3H3,(H,25,28)/t16-/m1/s1. The number of likely N-dealkylation sites (tertiary alicyclic amines) is 1. The van der Waals surface area contributed by atoms with E-state index in [0.29, 0.717) is 25.3 Å². The first-order chi connectivity index (χ1) is 14.9. The maximum atomic E-state index is 13.0. The molecule has 0 bridgehead atoms. The van der Waals surface area contributed by atoms with Gasteiger partial charge in [-0.1, -0.05) is 6.92 Å². The van der Waals surface area contributed by atoms with E-state index in [2.05, 4.69) is 10.3 Å². The molecule has 2 amide bonds. The Kier molecular flexibility index (Phi) is 6.02. The molecule has 3 heterocycles. The van der Waals surface area contributed by atoms with Crippen molar-refractivity contribution in [2.24, 2.45) is 11.8 Å². The number of aromatic amines is 1. The number of hydrogen-bond donors (Lipinski definition) is 2. The van der Waals surface area contributed by atoms with Gasteiger partial charge < -0.3 is 24.4 Å². The summed E-state index contributed by atoms with van der Waals surface area (Å²) in [6.45, 7) is 5.56. The van der Waals surface area contributed by atoms with Crippen molar-refractivity contribution in [1.29, 1.82) is 0 Å². The Morgan fingerprint density at radius 1 is 1.23 bits per heavy atom. The number of H-pyrrole nitrogens is 1. The van der Waals surface area contributed by atoms with Crippen molar-refractivity contribution < 1.29 is 18.7 Å². The highest BCUT2D eigenvalue weighted by molar-refractivity contribution is 5.98. The van der Waals surface area contributed by atoms with Crippen molar-refractivity contribution in [3.8, 4) is 5.75 Å². The summed E-state index contributed by atoms with van der Waals surface area (Å²) in [7, 11) is 1.62. The van der Waals surface area contributed by atoms with Crippen LogP contribution in [0.3, 0.4) is 0 Å². The number of amides is 2. The molecule has 0 radical (unpaired) electrons. The van der Waals surface area contributed by atoms with E-state index in [-0.39, 0.29) is 23.7 Å². The number of ether oxygens (including phenoxy) is 1. The zero-order valence-electron chi connectivity index (χ0n) is 18.2. The number of fused-ring (bicyclic) bond motifs is 1. The zero-order chi connectivity index (χ0) is 22.0. The number of methoxy groups -OCH3 is 1. The summed E-state index contributed by atoms with van der Waals surface area (Å²) < 4.78 is 10.8. The van der Waals surface area contributed by atoms with Crippen LogP contribution in [-0.2, 0) is 11.3 Å². The fourth-order valence-corrected chi connectivity index (χ4v) is 4.25. The molecule has 1 aliphatic rings. The van der Waals surface area contributed by atoms with Gasteiger partial charge in [-0.05, 0) is 56.0 Å². The molecule has 0 unspecified atom stereocenters. The number of carbonyl (C=O) groups excluding carboxylic acids is 2. The third-order valence-corrected chi connectivity index (χ3v) is 6.24. The first-order valence-corrected chi connectivity index (χ1v) is 10.7. The molecule has 3 aromatic rings. The predicted octanol–water partition coefficient (Wildman–Crippen LogP) is 3.88. The highest BCUT2D eigenvalue weighted by atomic mass is 16.5. The Morgan fingerprint density at radius 3 is 2.68 bits per heavy atom. The van der Waals surface area contributed by atoms with Crippen LogP contribution in [-0.4, -0.2) is 41.9 Å². The van der Waals surface area contributed by atoms with Gasteiger partial charge in [0.05, 0.1) is 13.7 Å². The van der Waals surface area contributed by atoms with Gasteiger partial charge in [-0.2, -0.15) is 0 Å². The second kappa shape index (κ2) is 8.88. The number of aryl methyl sites for hydroxylation is 1. The molecule has 1 fully saturated rings. The molecule has 7 heteroatoms. The zero-order valence-corrected chi connectivity index (χ0v) is 18.2. The van der Waals surface area contributed by atoms with Gasteiger partial charge in [-0.3, -0.25) is 9.59 Å². The number of piperidine rings is 1. The fraction of sp³-hybridized carbons (Fsp3) is 0.417. The molecular formula is C24H29N3O4. The average Bonchev–Trinajstić information content (AvgIpc) is 3.41. The Labute approximate surface area is 181 Å². The van der Waals surface area contributed by atoms with E-state index in [1.165, 1.54) is 0 Å². The van der Waals surface area contributed by atoms with Crippen molar-refractivity contribution in [2.75, 3.05) is 20.2 Å². The Bertz CT molecular complexity index is 1080. The van der Waals surface area contributed by atoms with E-state index in [0.717, 1.165) is 41.0 Å². The molecule has 164 valence electrons. The van der Waals surface area contributed by atoms with Crippen molar-refractivity contribution in [3.05, 3.63) is 53.6 Å². The number of aromatic nitrogens is 1. The normalized spacial score (nSPS) is 15.8. The van der Waals surface area contributed by atoms with Crippen LogP contribution in [0.4, 0.5) is 0 Å². The van der Waals surface area contributed by atoms with Crippen LogP contribution in [0, 0.1) is 18.8 Å². The summed E-state index contributed by atoms with van der Waals surface area (Å²) >= 11 is 0. The van der Waals surface area contributed by atoms with E-state index in [1.54, 1.807) is 7.11 Å². The van der Waals surface area contributed by atoms with Crippen LogP contribution in [0.25, 0.3) is 10.9 Å². The van der Waals surface area contributed by atoms with E-state index in [4.69, 9.17) is 9.15 Å². The largest absolute Gasteiger partial charge is 0.497 e. The van der Waals surface area contributed by atoms with Gasteiger partial charge in [0.1, 0.15) is 23.0 Å². The second-order valence-corrected chi connectivity index (χ2v) is 8.28. The van der Waals surface area contributed by atoms with Crippen LogP contribution >= 0.6 is 0 Å². The molecule has 31 heavy (non-hydrogen) atoms. The van der Waals surface area contributed by atoms with E-state index in [9.17, 15) is 9.59 Å². The number of benzene rings is 1. The first kappa shape index (κ1) is 21.0.